The molecular formula is C22H22N6OS. The fraction of sp³-hybridized carbons (Fsp3) is 0.273. The second kappa shape index (κ2) is 7.95. The van der Waals surface area contributed by atoms with E-state index in [2.05, 4.69) is 19.6 Å². The molecule has 5 rings (SSSR count). The minimum atomic E-state index is 0.0243. The van der Waals surface area contributed by atoms with Crippen LogP contribution in [0.2, 0.25) is 0 Å². The Balaban J connectivity index is 1.36. The molecule has 0 atom stereocenters. The Morgan fingerprint density at radius 2 is 1.80 bits per heavy atom. The first-order chi connectivity index (χ1) is 14.8. The topological polar surface area (TPSA) is 68.3 Å². The number of hydrogen-bond acceptors (Lipinski definition) is 5. The Bertz CT molecular complexity index is 1180. The molecule has 1 aliphatic rings. The van der Waals surface area contributed by atoms with Crippen molar-refractivity contribution >= 4 is 23.3 Å². The number of nitrogens with zero attached hydrogens (tertiary/aromatic N) is 6. The van der Waals surface area contributed by atoms with Gasteiger partial charge in [0.2, 0.25) is 0 Å². The summed E-state index contributed by atoms with van der Waals surface area (Å²) in [6.45, 7) is 1.39. The highest BCUT2D eigenvalue weighted by molar-refractivity contribution is 7.98. The number of aromatic nitrogens is 5. The molecule has 0 bridgehead atoms. The maximum absolute atomic E-state index is 13.4. The van der Waals surface area contributed by atoms with E-state index >= 15 is 0 Å². The number of piperidine rings is 1. The van der Waals surface area contributed by atoms with Crippen molar-refractivity contribution in [2.75, 3.05) is 19.3 Å². The van der Waals surface area contributed by atoms with E-state index in [-0.39, 0.29) is 5.91 Å². The molecular weight excluding hydrogens is 396 g/mol. The van der Waals surface area contributed by atoms with Crippen molar-refractivity contribution in [3.63, 3.8) is 0 Å². The van der Waals surface area contributed by atoms with Crippen LogP contribution >= 0.6 is 11.8 Å². The van der Waals surface area contributed by atoms with Crippen molar-refractivity contribution < 1.29 is 4.79 Å². The predicted molar refractivity (Wildman–Crippen MR) is 116 cm³/mol. The van der Waals surface area contributed by atoms with Crippen molar-refractivity contribution in [3.05, 3.63) is 72.4 Å². The lowest BCUT2D eigenvalue weighted by Crippen LogP contribution is -2.39. The van der Waals surface area contributed by atoms with E-state index in [0.717, 1.165) is 35.2 Å². The summed E-state index contributed by atoms with van der Waals surface area (Å²) >= 11 is 1.54. The lowest BCUT2D eigenvalue weighted by molar-refractivity contribution is 0.0702. The molecule has 30 heavy (non-hydrogen) atoms. The third-order valence-electron chi connectivity index (χ3n) is 5.63. The van der Waals surface area contributed by atoms with Crippen LogP contribution < -0.4 is 0 Å². The summed E-state index contributed by atoms with van der Waals surface area (Å²) in [4.78, 5) is 19.8. The van der Waals surface area contributed by atoms with Gasteiger partial charge in [0.1, 0.15) is 11.5 Å². The first-order valence-corrected chi connectivity index (χ1v) is 11.2. The van der Waals surface area contributed by atoms with Gasteiger partial charge in [0, 0.05) is 30.9 Å². The van der Waals surface area contributed by atoms with Gasteiger partial charge in [-0.1, -0.05) is 36.0 Å². The second-order valence-electron chi connectivity index (χ2n) is 7.35. The number of rotatable bonds is 4. The quantitative estimate of drug-likeness (QED) is 0.473. The van der Waals surface area contributed by atoms with Gasteiger partial charge in [-0.25, -0.2) is 4.98 Å². The molecule has 4 heterocycles. The van der Waals surface area contributed by atoms with Gasteiger partial charge in [-0.15, -0.1) is 10.2 Å². The Hall–Kier alpha value is -3.13. The summed E-state index contributed by atoms with van der Waals surface area (Å²) in [5.41, 5.74) is 2.42. The number of para-hydroxylation sites is 1. The Morgan fingerprint density at radius 3 is 2.57 bits per heavy atom. The van der Waals surface area contributed by atoms with Gasteiger partial charge in [0.05, 0.1) is 6.20 Å². The van der Waals surface area contributed by atoms with Crippen LogP contribution in [0.5, 0.6) is 0 Å². The molecule has 7 nitrogen and oxygen atoms in total. The summed E-state index contributed by atoms with van der Waals surface area (Å²) in [6, 6.07) is 15.8. The van der Waals surface area contributed by atoms with Crippen LogP contribution in [0.3, 0.4) is 0 Å². The SMILES string of the molecule is CSc1ncc(C(=O)N2CCC(c3nnc4ccccn34)CC2)n1-c1ccccc1. The zero-order chi connectivity index (χ0) is 20.5. The average Bonchev–Trinajstić information content (AvgIpc) is 3.44. The van der Waals surface area contributed by atoms with Crippen molar-refractivity contribution in [2.45, 2.75) is 23.9 Å². The van der Waals surface area contributed by atoms with Crippen LogP contribution in [-0.4, -0.2) is 54.3 Å². The largest absolute Gasteiger partial charge is 0.337 e. The molecule has 0 spiro atoms. The number of imidazole rings is 1. The monoisotopic (exact) mass is 418 g/mol. The summed E-state index contributed by atoms with van der Waals surface area (Å²) < 4.78 is 4.00. The zero-order valence-electron chi connectivity index (χ0n) is 16.7. The molecule has 4 aromatic rings. The minimum absolute atomic E-state index is 0.0243. The molecule has 0 aliphatic carbocycles. The second-order valence-corrected chi connectivity index (χ2v) is 8.13. The van der Waals surface area contributed by atoms with Gasteiger partial charge in [0.15, 0.2) is 10.8 Å². The van der Waals surface area contributed by atoms with Crippen LogP contribution in [0.1, 0.15) is 35.1 Å². The number of hydrogen-bond donors (Lipinski definition) is 0. The van der Waals surface area contributed by atoms with Crippen LogP contribution in [0.25, 0.3) is 11.3 Å². The Kier molecular flexibility index (Phi) is 5.00. The summed E-state index contributed by atoms with van der Waals surface area (Å²) in [7, 11) is 0. The number of fused-ring (bicyclic) bond motifs is 1. The van der Waals surface area contributed by atoms with Gasteiger partial charge < -0.3 is 4.90 Å². The number of pyridine rings is 1. The smallest absolute Gasteiger partial charge is 0.272 e. The fourth-order valence-electron chi connectivity index (χ4n) is 4.10. The molecule has 0 radical (unpaired) electrons. The molecule has 0 N–H and O–H groups in total. The lowest BCUT2D eigenvalue weighted by Gasteiger charge is -2.31. The van der Waals surface area contributed by atoms with Crippen LogP contribution in [0, 0.1) is 0 Å². The summed E-state index contributed by atoms with van der Waals surface area (Å²) in [6.07, 6.45) is 7.42. The number of likely N-dealkylation sites (tertiary alicyclic amines) is 1. The Labute approximate surface area is 178 Å². The third kappa shape index (κ3) is 3.27. The number of benzene rings is 1. The van der Waals surface area contributed by atoms with Crippen molar-refractivity contribution in [1.29, 1.82) is 0 Å². The number of carbonyl (C=O) groups is 1. The van der Waals surface area contributed by atoms with Crippen molar-refractivity contribution in [1.82, 2.24) is 29.0 Å². The standard InChI is InChI=1S/C22H22N6OS/c1-30-22-23-15-18(28(22)17-7-3-2-4-8-17)21(29)26-13-10-16(11-14-26)20-25-24-19-9-5-6-12-27(19)20/h2-9,12,15-16H,10-11,13-14H2,1H3. The van der Waals surface area contributed by atoms with Crippen molar-refractivity contribution in [2.24, 2.45) is 0 Å². The van der Waals surface area contributed by atoms with Gasteiger partial charge in [-0.2, -0.15) is 0 Å². The first-order valence-electron chi connectivity index (χ1n) is 10.0. The molecule has 0 unspecified atom stereocenters. The number of amides is 1. The zero-order valence-corrected chi connectivity index (χ0v) is 17.5. The predicted octanol–water partition coefficient (Wildman–Crippen LogP) is 3.66. The molecule has 1 aromatic carbocycles. The number of thioether (sulfide) groups is 1. The normalized spacial score (nSPS) is 15.0. The fourth-order valence-corrected chi connectivity index (χ4v) is 4.64. The van der Waals surface area contributed by atoms with E-state index in [1.165, 1.54) is 11.8 Å². The molecule has 3 aromatic heterocycles. The van der Waals surface area contributed by atoms with Gasteiger partial charge in [-0.3, -0.25) is 13.8 Å². The van der Waals surface area contributed by atoms with E-state index in [0.29, 0.717) is 24.7 Å². The highest BCUT2D eigenvalue weighted by Crippen LogP contribution is 2.29. The maximum atomic E-state index is 13.4. The van der Waals surface area contributed by atoms with E-state index in [4.69, 9.17) is 0 Å². The molecule has 1 amide bonds. The average molecular weight is 419 g/mol. The highest BCUT2D eigenvalue weighted by atomic mass is 32.2. The third-order valence-corrected chi connectivity index (χ3v) is 6.29. The van der Waals surface area contributed by atoms with E-state index in [1.54, 1.807) is 6.20 Å². The van der Waals surface area contributed by atoms with Crippen LogP contribution in [-0.2, 0) is 0 Å². The molecule has 8 heteroatoms. The molecule has 152 valence electrons. The van der Waals surface area contributed by atoms with Crippen LogP contribution in [0.4, 0.5) is 0 Å². The van der Waals surface area contributed by atoms with Gasteiger partial charge >= 0.3 is 0 Å². The summed E-state index contributed by atoms with van der Waals surface area (Å²) in [5, 5.41) is 9.49. The Morgan fingerprint density at radius 1 is 1.03 bits per heavy atom. The number of carbonyl (C=O) groups excluding carboxylic acids is 1. The first kappa shape index (κ1) is 18.9. The van der Waals surface area contributed by atoms with E-state index in [1.807, 2.05) is 70.5 Å². The highest BCUT2D eigenvalue weighted by Gasteiger charge is 2.29. The summed E-state index contributed by atoms with van der Waals surface area (Å²) in [5.74, 6) is 1.31. The van der Waals surface area contributed by atoms with E-state index < -0.39 is 0 Å². The maximum Gasteiger partial charge on any atom is 0.272 e. The molecule has 0 saturated carbocycles. The van der Waals surface area contributed by atoms with Gasteiger partial charge in [0.25, 0.3) is 5.91 Å². The van der Waals surface area contributed by atoms with Gasteiger partial charge in [-0.05, 0) is 43.4 Å². The van der Waals surface area contributed by atoms with Crippen molar-refractivity contribution in [3.8, 4) is 5.69 Å². The molecule has 1 fully saturated rings. The molecule has 1 aliphatic heterocycles. The minimum Gasteiger partial charge on any atom is -0.337 e. The lowest BCUT2D eigenvalue weighted by atomic mass is 9.96. The molecule has 1 saturated heterocycles. The van der Waals surface area contributed by atoms with E-state index in [9.17, 15) is 4.79 Å². The van der Waals surface area contributed by atoms with Crippen LogP contribution in [0.15, 0.2) is 66.1 Å².